The summed E-state index contributed by atoms with van der Waals surface area (Å²) in [6, 6.07) is 17.4. The van der Waals surface area contributed by atoms with Crippen LogP contribution < -0.4 is 4.74 Å². The standard InChI is InChI=1S/C23H25N3O4/c1-26(16-20-24-21(25-30-20)17-7-6-10-19(15-17)28-2)22(27)23(11-13-29-14-12-23)18-8-4-3-5-9-18/h3-10,15H,11-14,16H2,1-2H3. The molecule has 2 aromatic carbocycles. The molecule has 0 radical (unpaired) electrons. The van der Waals surface area contributed by atoms with Gasteiger partial charge in [0, 0.05) is 25.8 Å². The Morgan fingerprint density at radius 3 is 2.63 bits per heavy atom. The maximum Gasteiger partial charge on any atom is 0.246 e. The third kappa shape index (κ3) is 3.93. The molecule has 0 saturated carbocycles. The van der Waals surface area contributed by atoms with Gasteiger partial charge in [0.25, 0.3) is 0 Å². The number of ether oxygens (including phenoxy) is 2. The number of benzene rings is 2. The first-order valence-electron chi connectivity index (χ1n) is 9.98. The van der Waals surface area contributed by atoms with Crippen molar-refractivity contribution in [3.05, 3.63) is 66.1 Å². The molecule has 0 unspecified atom stereocenters. The number of carbonyl (C=O) groups is 1. The summed E-state index contributed by atoms with van der Waals surface area (Å²) < 4.78 is 16.2. The summed E-state index contributed by atoms with van der Waals surface area (Å²) >= 11 is 0. The molecule has 7 heteroatoms. The number of methoxy groups -OCH3 is 1. The smallest absolute Gasteiger partial charge is 0.246 e. The van der Waals surface area contributed by atoms with Gasteiger partial charge in [-0.15, -0.1) is 0 Å². The second kappa shape index (κ2) is 8.67. The van der Waals surface area contributed by atoms with E-state index in [-0.39, 0.29) is 12.5 Å². The van der Waals surface area contributed by atoms with Gasteiger partial charge in [-0.3, -0.25) is 4.79 Å². The van der Waals surface area contributed by atoms with Gasteiger partial charge in [-0.2, -0.15) is 4.98 Å². The van der Waals surface area contributed by atoms with Crippen LogP contribution in [0.4, 0.5) is 0 Å². The summed E-state index contributed by atoms with van der Waals surface area (Å²) in [7, 11) is 3.39. The van der Waals surface area contributed by atoms with Crippen molar-refractivity contribution in [2.24, 2.45) is 0 Å². The summed E-state index contributed by atoms with van der Waals surface area (Å²) in [5, 5.41) is 4.06. The van der Waals surface area contributed by atoms with E-state index >= 15 is 0 Å². The van der Waals surface area contributed by atoms with E-state index in [0.29, 0.717) is 37.8 Å². The molecule has 1 fully saturated rings. The Bertz CT molecular complexity index is 996. The van der Waals surface area contributed by atoms with Crippen LogP contribution in [0.1, 0.15) is 24.3 Å². The van der Waals surface area contributed by atoms with Crippen molar-refractivity contribution in [2.45, 2.75) is 24.8 Å². The Morgan fingerprint density at radius 1 is 1.13 bits per heavy atom. The molecule has 0 bridgehead atoms. The van der Waals surface area contributed by atoms with Gasteiger partial charge in [0.1, 0.15) is 5.75 Å². The molecule has 1 aromatic heterocycles. The van der Waals surface area contributed by atoms with Gasteiger partial charge in [0.15, 0.2) is 0 Å². The lowest BCUT2D eigenvalue weighted by Crippen LogP contribution is -2.48. The molecule has 30 heavy (non-hydrogen) atoms. The maximum atomic E-state index is 13.5. The monoisotopic (exact) mass is 407 g/mol. The fourth-order valence-electron chi connectivity index (χ4n) is 3.94. The summed E-state index contributed by atoms with van der Waals surface area (Å²) in [5.41, 5.74) is 1.22. The minimum absolute atomic E-state index is 0.0399. The zero-order valence-corrected chi connectivity index (χ0v) is 17.2. The fourth-order valence-corrected chi connectivity index (χ4v) is 3.94. The second-order valence-corrected chi connectivity index (χ2v) is 7.47. The highest BCUT2D eigenvalue weighted by atomic mass is 16.5. The van der Waals surface area contributed by atoms with E-state index in [0.717, 1.165) is 16.9 Å². The van der Waals surface area contributed by atoms with Crippen molar-refractivity contribution < 1.29 is 18.8 Å². The van der Waals surface area contributed by atoms with Crippen LogP contribution in [-0.2, 0) is 21.5 Å². The summed E-state index contributed by atoms with van der Waals surface area (Å²) in [6.45, 7) is 1.37. The zero-order chi connectivity index (χ0) is 21.0. The second-order valence-electron chi connectivity index (χ2n) is 7.47. The van der Waals surface area contributed by atoms with Crippen LogP contribution in [0.5, 0.6) is 5.75 Å². The van der Waals surface area contributed by atoms with Crippen LogP contribution in [0.3, 0.4) is 0 Å². The normalized spacial score (nSPS) is 15.5. The number of carbonyl (C=O) groups excluding carboxylic acids is 1. The molecule has 0 aliphatic carbocycles. The van der Waals surface area contributed by atoms with Crippen LogP contribution in [0, 0.1) is 0 Å². The summed E-state index contributed by atoms with van der Waals surface area (Å²) in [4.78, 5) is 19.7. The van der Waals surface area contributed by atoms with Gasteiger partial charge in [-0.1, -0.05) is 47.6 Å². The maximum absolute atomic E-state index is 13.5. The molecule has 156 valence electrons. The quantitative estimate of drug-likeness (QED) is 0.623. The first-order chi connectivity index (χ1) is 14.6. The first-order valence-corrected chi connectivity index (χ1v) is 9.98. The van der Waals surface area contributed by atoms with Crippen LogP contribution >= 0.6 is 0 Å². The van der Waals surface area contributed by atoms with Crippen LogP contribution in [-0.4, -0.2) is 48.3 Å². The lowest BCUT2D eigenvalue weighted by atomic mass is 9.73. The number of hydrogen-bond donors (Lipinski definition) is 0. The Balaban J connectivity index is 1.53. The average Bonchev–Trinajstić information content (AvgIpc) is 3.28. The predicted octanol–water partition coefficient (Wildman–Crippen LogP) is 3.45. The number of aromatic nitrogens is 2. The number of nitrogens with zero attached hydrogens (tertiary/aromatic N) is 3. The topological polar surface area (TPSA) is 77.7 Å². The third-order valence-electron chi connectivity index (χ3n) is 5.60. The Morgan fingerprint density at radius 2 is 1.90 bits per heavy atom. The van der Waals surface area contributed by atoms with Gasteiger partial charge in [-0.05, 0) is 30.5 Å². The summed E-state index contributed by atoms with van der Waals surface area (Å²) in [6.07, 6.45) is 1.30. The minimum atomic E-state index is -0.593. The molecule has 0 N–H and O–H groups in total. The summed E-state index contributed by atoms with van der Waals surface area (Å²) in [5.74, 6) is 1.61. The molecule has 3 aromatic rings. The third-order valence-corrected chi connectivity index (χ3v) is 5.60. The first kappa shape index (κ1) is 20.1. The highest BCUT2D eigenvalue weighted by Gasteiger charge is 2.43. The molecule has 0 atom stereocenters. The molecule has 7 nitrogen and oxygen atoms in total. The van der Waals surface area contributed by atoms with Crippen LogP contribution in [0.25, 0.3) is 11.4 Å². The zero-order valence-electron chi connectivity index (χ0n) is 17.2. The average molecular weight is 407 g/mol. The molecular weight excluding hydrogens is 382 g/mol. The van der Waals surface area contributed by atoms with Gasteiger partial charge in [0.05, 0.1) is 19.1 Å². The molecule has 2 heterocycles. The molecule has 4 rings (SSSR count). The highest BCUT2D eigenvalue weighted by molar-refractivity contribution is 5.88. The van der Waals surface area contributed by atoms with E-state index in [1.54, 1.807) is 19.1 Å². The van der Waals surface area contributed by atoms with E-state index in [2.05, 4.69) is 10.1 Å². The molecule has 0 spiro atoms. The van der Waals surface area contributed by atoms with E-state index in [9.17, 15) is 4.79 Å². The van der Waals surface area contributed by atoms with Gasteiger partial charge >= 0.3 is 0 Å². The van der Waals surface area contributed by atoms with Crippen molar-refractivity contribution in [1.82, 2.24) is 15.0 Å². The predicted molar refractivity (Wildman–Crippen MR) is 111 cm³/mol. The van der Waals surface area contributed by atoms with E-state index in [1.165, 1.54) is 0 Å². The Hall–Kier alpha value is -3.19. The van der Waals surface area contributed by atoms with Gasteiger partial charge < -0.3 is 18.9 Å². The number of likely N-dealkylation sites (N-methyl/N-ethyl adjacent to an activating group) is 1. The molecule has 1 aliphatic heterocycles. The highest BCUT2D eigenvalue weighted by Crippen LogP contribution is 2.36. The molecule has 1 aliphatic rings. The van der Waals surface area contributed by atoms with Gasteiger partial charge in [-0.25, -0.2) is 0 Å². The number of rotatable bonds is 6. The lowest BCUT2D eigenvalue weighted by molar-refractivity contribution is -0.140. The fraction of sp³-hybridized carbons (Fsp3) is 0.348. The Labute approximate surface area is 175 Å². The van der Waals surface area contributed by atoms with Crippen LogP contribution in [0.2, 0.25) is 0 Å². The van der Waals surface area contributed by atoms with Crippen molar-refractivity contribution in [1.29, 1.82) is 0 Å². The lowest BCUT2D eigenvalue weighted by Gasteiger charge is -2.38. The van der Waals surface area contributed by atoms with E-state index in [4.69, 9.17) is 14.0 Å². The largest absolute Gasteiger partial charge is 0.497 e. The van der Waals surface area contributed by atoms with Crippen molar-refractivity contribution in [3.8, 4) is 17.1 Å². The van der Waals surface area contributed by atoms with Crippen molar-refractivity contribution in [2.75, 3.05) is 27.4 Å². The molecule has 1 amide bonds. The minimum Gasteiger partial charge on any atom is -0.497 e. The van der Waals surface area contributed by atoms with Crippen molar-refractivity contribution >= 4 is 5.91 Å². The number of amides is 1. The Kier molecular flexibility index (Phi) is 5.81. The number of hydrogen-bond acceptors (Lipinski definition) is 6. The van der Waals surface area contributed by atoms with E-state index in [1.807, 2.05) is 54.6 Å². The molecule has 1 saturated heterocycles. The van der Waals surface area contributed by atoms with Crippen molar-refractivity contribution in [3.63, 3.8) is 0 Å². The molecular formula is C23H25N3O4. The van der Waals surface area contributed by atoms with Gasteiger partial charge in [0.2, 0.25) is 17.6 Å². The SMILES string of the molecule is COc1cccc(-c2noc(CN(C)C(=O)C3(c4ccccc4)CCOCC3)n2)c1. The van der Waals surface area contributed by atoms with Crippen LogP contribution in [0.15, 0.2) is 59.1 Å². The van der Waals surface area contributed by atoms with E-state index < -0.39 is 5.41 Å².